The SMILES string of the molecule is CNC(C)(CC(C)N(CCOC)CC(C)C)C(N)=O. The van der Waals surface area contributed by atoms with E-state index in [1.165, 1.54) is 0 Å². The number of carbonyl (C=O) groups excluding carboxylic acids is 1. The van der Waals surface area contributed by atoms with Crippen molar-refractivity contribution in [3.8, 4) is 0 Å². The van der Waals surface area contributed by atoms with Crippen LogP contribution in [0.4, 0.5) is 0 Å². The summed E-state index contributed by atoms with van der Waals surface area (Å²) in [5.74, 6) is 0.270. The molecule has 0 radical (unpaired) electrons. The zero-order valence-corrected chi connectivity index (χ0v) is 13.3. The zero-order valence-electron chi connectivity index (χ0n) is 13.3. The van der Waals surface area contributed by atoms with Gasteiger partial charge in [-0.3, -0.25) is 9.69 Å². The van der Waals surface area contributed by atoms with Crippen molar-refractivity contribution >= 4 is 5.91 Å². The van der Waals surface area contributed by atoms with E-state index in [0.29, 0.717) is 18.9 Å². The number of nitrogens with one attached hydrogen (secondary N) is 1. The standard InChI is InChI=1S/C14H31N3O2/c1-11(2)10-17(7-8-19-6)12(3)9-14(4,16-5)13(15)18/h11-12,16H,7-10H2,1-6H3,(H2,15,18). The van der Waals surface area contributed by atoms with E-state index in [2.05, 4.69) is 31.0 Å². The first kappa shape index (κ1) is 18.4. The fraction of sp³-hybridized carbons (Fsp3) is 0.929. The Morgan fingerprint density at radius 3 is 2.37 bits per heavy atom. The molecule has 5 heteroatoms. The number of likely N-dealkylation sites (N-methyl/N-ethyl adjacent to an activating group) is 1. The Morgan fingerprint density at radius 1 is 1.42 bits per heavy atom. The van der Waals surface area contributed by atoms with Crippen molar-refractivity contribution in [1.29, 1.82) is 0 Å². The first-order chi connectivity index (χ1) is 8.76. The number of hydrogen-bond acceptors (Lipinski definition) is 4. The molecule has 0 aliphatic heterocycles. The van der Waals surface area contributed by atoms with Crippen molar-refractivity contribution in [2.45, 2.75) is 45.7 Å². The normalized spacial score (nSPS) is 16.6. The van der Waals surface area contributed by atoms with Gasteiger partial charge in [-0.2, -0.15) is 0 Å². The van der Waals surface area contributed by atoms with Crippen LogP contribution < -0.4 is 11.1 Å². The Hall–Kier alpha value is -0.650. The summed E-state index contributed by atoms with van der Waals surface area (Å²) in [6, 6.07) is 0.266. The number of nitrogens with two attached hydrogens (primary N) is 1. The lowest BCUT2D eigenvalue weighted by Crippen LogP contribution is -2.55. The van der Waals surface area contributed by atoms with Crippen LogP contribution in [0.25, 0.3) is 0 Å². The molecule has 0 saturated heterocycles. The Morgan fingerprint density at radius 2 is 2.00 bits per heavy atom. The van der Waals surface area contributed by atoms with Crippen LogP contribution in [0.1, 0.15) is 34.1 Å². The van der Waals surface area contributed by atoms with Gasteiger partial charge in [0.05, 0.1) is 12.1 Å². The summed E-state index contributed by atoms with van der Waals surface area (Å²) in [5.41, 5.74) is 4.82. The maximum Gasteiger partial charge on any atom is 0.237 e. The highest BCUT2D eigenvalue weighted by molar-refractivity contribution is 5.84. The molecule has 0 fully saturated rings. The molecule has 3 N–H and O–H groups in total. The Kier molecular flexibility index (Phi) is 8.22. The average molecular weight is 273 g/mol. The van der Waals surface area contributed by atoms with E-state index < -0.39 is 5.54 Å². The van der Waals surface area contributed by atoms with Crippen molar-refractivity contribution in [3.05, 3.63) is 0 Å². The molecule has 0 saturated carbocycles. The van der Waals surface area contributed by atoms with Gasteiger partial charge in [-0.1, -0.05) is 13.8 Å². The second-order valence-corrected chi connectivity index (χ2v) is 5.88. The average Bonchev–Trinajstić information content (AvgIpc) is 2.33. The molecular weight excluding hydrogens is 242 g/mol. The third kappa shape index (κ3) is 6.36. The lowest BCUT2D eigenvalue weighted by molar-refractivity contribution is -0.124. The highest BCUT2D eigenvalue weighted by Crippen LogP contribution is 2.17. The summed E-state index contributed by atoms with van der Waals surface area (Å²) in [4.78, 5) is 13.9. The van der Waals surface area contributed by atoms with Gasteiger partial charge < -0.3 is 15.8 Å². The van der Waals surface area contributed by atoms with Crippen LogP contribution in [0.15, 0.2) is 0 Å². The van der Waals surface area contributed by atoms with E-state index in [1.807, 2.05) is 6.92 Å². The molecule has 0 bridgehead atoms. The van der Waals surface area contributed by atoms with Crippen molar-refractivity contribution in [1.82, 2.24) is 10.2 Å². The highest BCUT2D eigenvalue weighted by atomic mass is 16.5. The number of rotatable bonds is 10. The number of carbonyl (C=O) groups is 1. The molecule has 0 rings (SSSR count). The lowest BCUT2D eigenvalue weighted by Gasteiger charge is -2.36. The summed E-state index contributed by atoms with van der Waals surface area (Å²) in [7, 11) is 3.48. The van der Waals surface area contributed by atoms with Gasteiger partial charge in [0.1, 0.15) is 0 Å². The van der Waals surface area contributed by atoms with E-state index in [0.717, 1.165) is 13.1 Å². The minimum absolute atomic E-state index is 0.266. The second-order valence-electron chi connectivity index (χ2n) is 5.88. The molecule has 0 aliphatic rings. The fourth-order valence-corrected chi connectivity index (χ4v) is 2.21. The molecule has 0 heterocycles. The molecule has 0 aliphatic carbocycles. The summed E-state index contributed by atoms with van der Waals surface area (Å²) >= 11 is 0. The number of methoxy groups -OCH3 is 1. The third-order valence-corrected chi connectivity index (χ3v) is 3.60. The minimum atomic E-state index is -0.665. The lowest BCUT2D eigenvalue weighted by atomic mass is 9.92. The number of nitrogens with zero attached hydrogens (tertiary/aromatic N) is 1. The maximum absolute atomic E-state index is 11.6. The van der Waals surface area contributed by atoms with Crippen molar-refractivity contribution < 1.29 is 9.53 Å². The molecule has 1 amide bonds. The zero-order chi connectivity index (χ0) is 15.1. The Bertz CT molecular complexity index is 271. The van der Waals surface area contributed by atoms with E-state index >= 15 is 0 Å². The number of ether oxygens (including phenoxy) is 1. The quantitative estimate of drug-likeness (QED) is 0.619. The molecular formula is C14H31N3O2. The van der Waals surface area contributed by atoms with Crippen LogP contribution in [-0.2, 0) is 9.53 Å². The van der Waals surface area contributed by atoms with Gasteiger partial charge in [-0.15, -0.1) is 0 Å². The van der Waals surface area contributed by atoms with Crippen LogP contribution in [0.2, 0.25) is 0 Å². The molecule has 5 nitrogen and oxygen atoms in total. The van der Waals surface area contributed by atoms with Gasteiger partial charge in [0.25, 0.3) is 0 Å². The molecule has 0 aromatic carbocycles. The van der Waals surface area contributed by atoms with Crippen LogP contribution in [-0.4, -0.2) is 56.2 Å². The Labute approximate surface area is 117 Å². The van der Waals surface area contributed by atoms with Crippen LogP contribution in [0, 0.1) is 5.92 Å². The predicted molar refractivity (Wildman–Crippen MR) is 79.0 cm³/mol. The number of primary amides is 1. The van der Waals surface area contributed by atoms with E-state index in [4.69, 9.17) is 10.5 Å². The molecule has 0 aromatic heterocycles. The van der Waals surface area contributed by atoms with Gasteiger partial charge in [-0.25, -0.2) is 0 Å². The van der Waals surface area contributed by atoms with Crippen molar-refractivity contribution in [2.75, 3.05) is 33.9 Å². The largest absolute Gasteiger partial charge is 0.383 e. The summed E-state index contributed by atoms with van der Waals surface area (Å²) in [6.07, 6.45) is 0.690. The van der Waals surface area contributed by atoms with E-state index in [1.54, 1.807) is 14.2 Å². The molecule has 2 atom stereocenters. The second kappa shape index (κ2) is 8.51. The van der Waals surface area contributed by atoms with Crippen LogP contribution in [0.3, 0.4) is 0 Å². The smallest absolute Gasteiger partial charge is 0.237 e. The van der Waals surface area contributed by atoms with Crippen LogP contribution >= 0.6 is 0 Å². The van der Waals surface area contributed by atoms with Crippen LogP contribution in [0.5, 0.6) is 0 Å². The summed E-state index contributed by atoms with van der Waals surface area (Å²) in [5, 5.41) is 3.04. The third-order valence-electron chi connectivity index (χ3n) is 3.60. The molecule has 0 aromatic rings. The number of hydrogen-bond donors (Lipinski definition) is 2. The summed E-state index contributed by atoms with van der Waals surface area (Å²) in [6.45, 7) is 10.9. The van der Waals surface area contributed by atoms with E-state index in [-0.39, 0.29) is 11.9 Å². The van der Waals surface area contributed by atoms with Gasteiger partial charge >= 0.3 is 0 Å². The van der Waals surface area contributed by atoms with Gasteiger partial charge in [0, 0.05) is 26.2 Å². The van der Waals surface area contributed by atoms with Gasteiger partial charge in [-0.05, 0) is 33.2 Å². The monoisotopic (exact) mass is 273 g/mol. The molecule has 114 valence electrons. The number of amides is 1. The minimum Gasteiger partial charge on any atom is -0.383 e. The van der Waals surface area contributed by atoms with Gasteiger partial charge in [0.15, 0.2) is 0 Å². The summed E-state index contributed by atoms with van der Waals surface area (Å²) < 4.78 is 5.16. The topological polar surface area (TPSA) is 67.6 Å². The van der Waals surface area contributed by atoms with Crippen molar-refractivity contribution in [2.24, 2.45) is 11.7 Å². The molecule has 2 unspecified atom stereocenters. The van der Waals surface area contributed by atoms with Gasteiger partial charge in [0.2, 0.25) is 5.91 Å². The predicted octanol–water partition coefficient (Wildman–Crippen LogP) is 0.833. The highest BCUT2D eigenvalue weighted by Gasteiger charge is 2.32. The first-order valence-electron chi connectivity index (χ1n) is 6.98. The van der Waals surface area contributed by atoms with E-state index in [9.17, 15) is 4.79 Å². The first-order valence-corrected chi connectivity index (χ1v) is 6.98. The maximum atomic E-state index is 11.6. The molecule has 0 spiro atoms. The Balaban J connectivity index is 4.68. The van der Waals surface area contributed by atoms with Crippen molar-refractivity contribution in [3.63, 3.8) is 0 Å². The molecule has 19 heavy (non-hydrogen) atoms. The fourth-order valence-electron chi connectivity index (χ4n) is 2.21.